The van der Waals surface area contributed by atoms with Crippen molar-refractivity contribution in [3.8, 4) is 0 Å². The first-order chi connectivity index (χ1) is 7.27. The van der Waals surface area contributed by atoms with Gasteiger partial charge in [-0.05, 0) is 6.07 Å². The van der Waals surface area contributed by atoms with Gasteiger partial charge in [0.2, 0.25) is 0 Å². The number of methoxy groups -OCH3 is 1. The van der Waals surface area contributed by atoms with E-state index in [9.17, 15) is 4.79 Å². The predicted molar refractivity (Wildman–Crippen MR) is 53.3 cm³/mol. The number of carbonyl (C=O) groups excluding carboxylic acids is 1. The Balaban J connectivity index is 2.46. The number of aromatic nitrogens is 1. The molecular weight excluding hydrogens is 196 g/mol. The lowest BCUT2D eigenvalue weighted by molar-refractivity contribution is 0.0575. The van der Waals surface area contributed by atoms with Crippen LogP contribution in [0.5, 0.6) is 0 Å². The van der Waals surface area contributed by atoms with Gasteiger partial charge in [0.15, 0.2) is 0 Å². The lowest BCUT2D eigenvalue weighted by Gasteiger charge is -2.18. The second kappa shape index (κ2) is 4.04. The van der Waals surface area contributed by atoms with Crippen LogP contribution in [0.4, 0.5) is 0 Å². The Hall–Kier alpha value is -1.33. The Bertz CT molecular complexity index is 384. The molecule has 5 heteroatoms. The van der Waals surface area contributed by atoms with E-state index in [1.165, 1.54) is 7.11 Å². The molecule has 0 spiro atoms. The van der Waals surface area contributed by atoms with Crippen LogP contribution in [0.1, 0.15) is 21.7 Å². The topological polar surface area (TPSA) is 66.5 Å². The first-order valence-electron chi connectivity index (χ1n) is 4.85. The first-order valence-corrected chi connectivity index (χ1v) is 4.85. The van der Waals surface area contributed by atoms with E-state index in [1.54, 1.807) is 6.07 Å². The lowest BCUT2D eigenvalue weighted by Crippen LogP contribution is -2.20. The summed E-state index contributed by atoms with van der Waals surface area (Å²) in [5, 5.41) is 0. The van der Waals surface area contributed by atoms with E-state index in [0.29, 0.717) is 25.3 Å². The summed E-state index contributed by atoms with van der Waals surface area (Å²) in [6.07, 6.45) is 0. The molecule has 0 aromatic carbocycles. The van der Waals surface area contributed by atoms with Crippen molar-refractivity contribution in [2.24, 2.45) is 5.73 Å². The molecular formula is C10H14N2O3. The number of carbonyl (C=O) groups is 1. The number of hydrogen-bond acceptors (Lipinski definition) is 4. The maximum absolute atomic E-state index is 11.5. The molecule has 1 aliphatic rings. The van der Waals surface area contributed by atoms with Crippen molar-refractivity contribution >= 4 is 5.97 Å². The van der Waals surface area contributed by atoms with E-state index in [-0.39, 0.29) is 5.97 Å². The van der Waals surface area contributed by atoms with Gasteiger partial charge in [0.05, 0.1) is 31.6 Å². The van der Waals surface area contributed by atoms with Crippen LogP contribution in [0.2, 0.25) is 0 Å². The molecule has 0 saturated carbocycles. The van der Waals surface area contributed by atoms with Gasteiger partial charge in [-0.2, -0.15) is 0 Å². The van der Waals surface area contributed by atoms with Crippen LogP contribution in [0.25, 0.3) is 0 Å². The normalized spacial score (nSPS) is 14.8. The van der Waals surface area contributed by atoms with Crippen molar-refractivity contribution in [2.45, 2.75) is 19.7 Å². The van der Waals surface area contributed by atoms with Crippen LogP contribution in [0.15, 0.2) is 6.07 Å². The van der Waals surface area contributed by atoms with Gasteiger partial charge in [0.1, 0.15) is 0 Å². The van der Waals surface area contributed by atoms with Crippen molar-refractivity contribution in [3.05, 3.63) is 23.0 Å². The van der Waals surface area contributed by atoms with Gasteiger partial charge in [0, 0.05) is 18.8 Å². The second-order valence-corrected chi connectivity index (χ2v) is 3.40. The number of esters is 1. The fourth-order valence-corrected chi connectivity index (χ4v) is 1.86. The summed E-state index contributed by atoms with van der Waals surface area (Å²) in [6.45, 7) is 2.28. The minimum absolute atomic E-state index is 0.330. The van der Waals surface area contributed by atoms with Crippen molar-refractivity contribution < 1.29 is 14.3 Å². The maximum Gasteiger partial charge on any atom is 0.339 e. The van der Waals surface area contributed by atoms with Gasteiger partial charge < -0.3 is 19.8 Å². The van der Waals surface area contributed by atoms with E-state index in [4.69, 9.17) is 15.2 Å². The Morgan fingerprint density at radius 2 is 2.53 bits per heavy atom. The third kappa shape index (κ3) is 1.64. The summed E-state index contributed by atoms with van der Waals surface area (Å²) in [4.78, 5) is 11.5. The van der Waals surface area contributed by atoms with Crippen LogP contribution in [0.3, 0.4) is 0 Å². The van der Waals surface area contributed by atoms with Crippen molar-refractivity contribution in [1.29, 1.82) is 0 Å². The Morgan fingerprint density at radius 1 is 1.73 bits per heavy atom. The highest BCUT2D eigenvalue weighted by molar-refractivity contribution is 5.91. The molecule has 0 saturated heterocycles. The molecule has 82 valence electrons. The van der Waals surface area contributed by atoms with Gasteiger partial charge in [-0.15, -0.1) is 0 Å². The van der Waals surface area contributed by atoms with E-state index >= 15 is 0 Å². The smallest absolute Gasteiger partial charge is 0.339 e. The molecule has 0 radical (unpaired) electrons. The first kappa shape index (κ1) is 10.2. The van der Waals surface area contributed by atoms with Gasteiger partial charge in [-0.25, -0.2) is 4.79 Å². The fourth-order valence-electron chi connectivity index (χ4n) is 1.86. The van der Waals surface area contributed by atoms with Gasteiger partial charge in [-0.1, -0.05) is 0 Å². The third-order valence-corrected chi connectivity index (χ3v) is 2.61. The van der Waals surface area contributed by atoms with Crippen molar-refractivity contribution in [2.75, 3.05) is 13.7 Å². The number of fused-ring (bicyclic) bond motifs is 1. The van der Waals surface area contributed by atoms with Crippen LogP contribution in [-0.4, -0.2) is 24.3 Å². The van der Waals surface area contributed by atoms with Gasteiger partial charge in [-0.3, -0.25) is 0 Å². The molecule has 0 atom stereocenters. The van der Waals surface area contributed by atoms with E-state index < -0.39 is 0 Å². The molecule has 0 aliphatic carbocycles. The number of rotatable bonds is 2. The molecule has 0 amide bonds. The standard InChI is InChI=1S/C10H14N2O3/c1-14-10(13)8-4-7(5-11)12-2-3-15-6-9(8)12/h4H,2-3,5-6,11H2,1H3. The zero-order valence-corrected chi connectivity index (χ0v) is 8.66. The highest BCUT2D eigenvalue weighted by atomic mass is 16.5. The summed E-state index contributed by atoms with van der Waals surface area (Å²) < 4.78 is 12.1. The summed E-state index contributed by atoms with van der Waals surface area (Å²) in [5.74, 6) is -0.330. The molecule has 2 rings (SSSR count). The molecule has 1 aliphatic heterocycles. The number of nitrogens with two attached hydrogens (primary N) is 1. The number of nitrogens with zero attached hydrogens (tertiary/aromatic N) is 1. The Morgan fingerprint density at radius 3 is 3.20 bits per heavy atom. The van der Waals surface area contributed by atoms with Crippen molar-refractivity contribution in [1.82, 2.24) is 4.57 Å². The van der Waals surface area contributed by atoms with Crippen LogP contribution < -0.4 is 5.73 Å². The summed E-state index contributed by atoms with van der Waals surface area (Å²) in [6, 6.07) is 1.79. The lowest BCUT2D eigenvalue weighted by atomic mass is 10.2. The molecule has 1 aromatic rings. The number of ether oxygens (including phenoxy) is 2. The second-order valence-electron chi connectivity index (χ2n) is 3.40. The molecule has 0 unspecified atom stereocenters. The third-order valence-electron chi connectivity index (χ3n) is 2.61. The highest BCUT2D eigenvalue weighted by Gasteiger charge is 2.22. The summed E-state index contributed by atoms with van der Waals surface area (Å²) in [5.41, 5.74) is 8.00. The van der Waals surface area contributed by atoms with E-state index in [0.717, 1.165) is 17.9 Å². The van der Waals surface area contributed by atoms with Gasteiger partial charge >= 0.3 is 5.97 Å². The predicted octanol–water partition coefficient (Wildman–Crippen LogP) is 0.264. The fraction of sp³-hybridized carbons (Fsp3) is 0.500. The van der Waals surface area contributed by atoms with Crippen LogP contribution >= 0.6 is 0 Å². The quantitative estimate of drug-likeness (QED) is 0.711. The Labute approximate surface area is 87.8 Å². The highest BCUT2D eigenvalue weighted by Crippen LogP contribution is 2.21. The zero-order valence-electron chi connectivity index (χ0n) is 8.66. The summed E-state index contributed by atoms with van der Waals surface area (Å²) >= 11 is 0. The Kier molecular flexibility index (Phi) is 2.75. The molecule has 15 heavy (non-hydrogen) atoms. The summed E-state index contributed by atoms with van der Waals surface area (Å²) in [7, 11) is 1.37. The molecule has 2 heterocycles. The van der Waals surface area contributed by atoms with Crippen molar-refractivity contribution in [3.63, 3.8) is 0 Å². The average molecular weight is 210 g/mol. The van der Waals surface area contributed by atoms with Gasteiger partial charge in [0.25, 0.3) is 0 Å². The molecule has 1 aromatic heterocycles. The number of hydrogen-bond donors (Lipinski definition) is 1. The average Bonchev–Trinajstić information content (AvgIpc) is 2.67. The van der Waals surface area contributed by atoms with E-state index in [1.807, 2.05) is 4.57 Å². The zero-order chi connectivity index (χ0) is 10.8. The largest absolute Gasteiger partial charge is 0.465 e. The maximum atomic E-state index is 11.5. The molecule has 5 nitrogen and oxygen atoms in total. The minimum atomic E-state index is -0.330. The van der Waals surface area contributed by atoms with E-state index in [2.05, 4.69) is 0 Å². The molecule has 2 N–H and O–H groups in total. The van der Waals surface area contributed by atoms with Crippen LogP contribution in [-0.2, 0) is 29.2 Å². The molecule has 0 fully saturated rings. The molecule has 0 bridgehead atoms. The minimum Gasteiger partial charge on any atom is -0.465 e. The SMILES string of the molecule is COC(=O)c1cc(CN)n2c1COCC2. The monoisotopic (exact) mass is 210 g/mol. The van der Waals surface area contributed by atoms with Crippen LogP contribution in [0, 0.1) is 0 Å².